The molecule has 0 aromatic carbocycles. The molecule has 70 valence electrons. The van der Waals surface area contributed by atoms with Gasteiger partial charge in [0, 0.05) is 13.2 Å². The number of methoxy groups -OCH3 is 1. The van der Waals surface area contributed by atoms with Gasteiger partial charge in [0.15, 0.2) is 0 Å². The summed E-state index contributed by atoms with van der Waals surface area (Å²) < 4.78 is 5.14. The molecule has 0 saturated carbocycles. The fraction of sp³-hybridized carbons (Fsp3) is 0.300. The molecule has 0 spiro atoms. The van der Waals surface area contributed by atoms with Crippen LogP contribution in [0.3, 0.4) is 0 Å². The normalized spacial score (nSPS) is 21.9. The summed E-state index contributed by atoms with van der Waals surface area (Å²) in [5.74, 6) is -0.940. The van der Waals surface area contributed by atoms with Crippen molar-refractivity contribution in [3.05, 3.63) is 36.0 Å². The third-order valence-corrected chi connectivity index (χ3v) is 1.80. The highest BCUT2D eigenvalue weighted by atomic mass is 16.5. The summed E-state index contributed by atoms with van der Waals surface area (Å²) in [7, 11) is 1.60. The summed E-state index contributed by atoms with van der Waals surface area (Å²) >= 11 is 0. The fourth-order valence-electron chi connectivity index (χ4n) is 1.18. The van der Waals surface area contributed by atoms with Gasteiger partial charge in [-0.1, -0.05) is 18.2 Å². The molecule has 1 unspecified atom stereocenters. The molecular formula is C10H12O3. The van der Waals surface area contributed by atoms with Crippen molar-refractivity contribution < 1.29 is 14.6 Å². The van der Waals surface area contributed by atoms with Gasteiger partial charge in [-0.05, 0) is 18.1 Å². The Balaban J connectivity index is 2.67. The van der Waals surface area contributed by atoms with E-state index in [1.54, 1.807) is 13.2 Å². The van der Waals surface area contributed by atoms with Gasteiger partial charge in [0.2, 0.25) is 0 Å². The molecule has 0 amide bonds. The molecule has 3 heteroatoms. The minimum Gasteiger partial charge on any atom is -0.478 e. The molecule has 1 aliphatic rings. The Morgan fingerprint density at radius 3 is 3.15 bits per heavy atom. The monoisotopic (exact) mass is 180 g/mol. The number of carboxylic acid groups (broad SMARTS) is 1. The van der Waals surface area contributed by atoms with Crippen molar-refractivity contribution in [3.63, 3.8) is 0 Å². The second kappa shape index (κ2) is 4.62. The molecule has 0 aromatic heterocycles. The number of ether oxygens (including phenoxy) is 1. The number of allylic oxidation sites excluding steroid dienone is 2. The van der Waals surface area contributed by atoms with Crippen LogP contribution in [0.4, 0.5) is 0 Å². The van der Waals surface area contributed by atoms with Gasteiger partial charge in [-0.25, -0.2) is 4.79 Å². The predicted octanol–water partition coefficient (Wildman–Crippen LogP) is 1.53. The van der Waals surface area contributed by atoms with Crippen molar-refractivity contribution in [1.29, 1.82) is 0 Å². The second-order valence-electron chi connectivity index (χ2n) is 2.70. The maximum atomic E-state index is 10.3. The van der Waals surface area contributed by atoms with Crippen LogP contribution in [-0.4, -0.2) is 24.3 Å². The molecule has 3 nitrogen and oxygen atoms in total. The smallest absolute Gasteiger partial charge is 0.328 e. The molecule has 0 aromatic rings. The summed E-state index contributed by atoms with van der Waals surface area (Å²) in [4.78, 5) is 10.3. The van der Waals surface area contributed by atoms with Gasteiger partial charge in [-0.15, -0.1) is 0 Å². The van der Waals surface area contributed by atoms with Crippen LogP contribution in [0.25, 0.3) is 0 Å². The third-order valence-electron chi connectivity index (χ3n) is 1.80. The Hall–Kier alpha value is -1.35. The highest BCUT2D eigenvalue weighted by Crippen LogP contribution is 2.15. The van der Waals surface area contributed by atoms with Gasteiger partial charge >= 0.3 is 5.97 Å². The van der Waals surface area contributed by atoms with Crippen LogP contribution in [0.15, 0.2) is 36.0 Å². The first-order valence-electron chi connectivity index (χ1n) is 4.04. The summed E-state index contributed by atoms with van der Waals surface area (Å²) in [5, 5.41) is 8.43. The van der Waals surface area contributed by atoms with E-state index in [9.17, 15) is 4.79 Å². The van der Waals surface area contributed by atoms with Crippen LogP contribution in [0, 0.1) is 0 Å². The molecule has 0 aliphatic heterocycles. The first-order chi connectivity index (χ1) is 6.24. The van der Waals surface area contributed by atoms with Crippen molar-refractivity contribution in [2.75, 3.05) is 7.11 Å². The maximum Gasteiger partial charge on any atom is 0.328 e. The molecule has 0 radical (unpaired) electrons. The molecule has 1 aliphatic carbocycles. The number of aliphatic carboxylic acids is 1. The second-order valence-corrected chi connectivity index (χ2v) is 2.70. The van der Waals surface area contributed by atoms with Gasteiger partial charge in [-0.2, -0.15) is 0 Å². The van der Waals surface area contributed by atoms with Crippen LogP contribution < -0.4 is 0 Å². The minimum atomic E-state index is -0.940. The first kappa shape index (κ1) is 9.74. The van der Waals surface area contributed by atoms with E-state index in [0.29, 0.717) is 0 Å². The zero-order valence-corrected chi connectivity index (χ0v) is 7.43. The van der Waals surface area contributed by atoms with Crippen molar-refractivity contribution in [2.24, 2.45) is 0 Å². The van der Waals surface area contributed by atoms with Crippen LogP contribution in [0.1, 0.15) is 6.42 Å². The predicted molar refractivity (Wildman–Crippen MR) is 49.4 cm³/mol. The van der Waals surface area contributed by atoms with Gasteiger partial charge in [-0.3, -0.25) is 0 Å². The van der Waals surface area contributed by atoms with Gasteiger partial charge < -0.3 is 9.84 Å². The number of carboxylic acids is 1. The Morgan fingerprint density at radius 1 is 1.77 bits per heavy atom. The average Bonchev–Trinajstić information content (AvgIpc) is 2.15. The largest absolute Gasteiger partial charge is 0.478 e. The molecule has 0 fully saturated rings. The summed E-state index contributed by atoms with van der Waals surface area (Å²) in [5.41, 5.74) is 0.896. The Bertz CT molecular complexity index is 274. The molecule has 1 atom stereocenters. The minimum absolute atomic E-state index is 0.107. The van der Waals surface area contributed by atoms with Crippen LogP contribution in [0.5, 0.6) is 0 Å². The summed E-state index contributed by atoms with van der Waals surface area (Å²) in [6, 6.07) is 0. The van der Waals surface area contributed by atoms with E-state index in [1.165, 1.54) is 0 Å². The van der Waals surface area contributed by atoms with Crippen LogP contribution in [-0.2, 0) is 9.53 Å². The van der Waals surface area contributed by atoms with Crippen molar-refractivity contribution in [2.45, 2.75) is 12.5 Å². The lowest BCUT2D eigenvalue weighted by Crippen LogP contribution is -2.11. The Kier molecular flexibility index (Phi) is 3.46. The average molecular weight is 180 g/mol. The topological polar surface area (TPSA) is 46.5 Å². The van der Waals surface area contributed by atoms with E-state index in [4.69, 9.17) is 9.84 Å². The lowest BCUT2D eigenvalue weighted by molar-refractivity contribution is -0.131. The van der Waals surface area contributed by atoms with Gasteiger partial charge in [0.1, 0.15) is 0 Å². The quantitative estimate of drug-likeness (QED) is 0.529. The van der Waals surface area contributed by atoms with Crippen molar-refractivity contribution in [3.8, 4) is 0 Å². The Morgan fingerprint density at radius 2 is 2.54 bits per heavy atom. The standard InChI is InChI=1S/C10H12O3/c1-13-9-5-3-2-4-8(9)6-7-10(11)12/h3-7,9H,2H2,1H3,(H,11,12)/b7-6+. The van der Waals surface area contributed by atoms with Gasteiger partial charge in [0.25, 0.3) is 0 Å². The highest BCUT2D eigenvalue weighted by molar-refractivity contribution is 5.80. The van der Waals surface area contributed by atoms with Crippen LogP contribution >= 0.6 is 0 Å². The molecule has 0 bridgehead atoms. The number of hydrogen-bond donors (Lipinski definition) is 1. The summed E-state index contributed by atoms with van der Waals surface area (Å²) in [6.07, 6.45) is 9.28. The van der Waals surface area contributed by atoms with E-state index >= 15 is 0 Å². The molecular weight excluding hydrogens is 168 g/mol. The Labute approximate surface area is 77.0 Å². The molecule has 0 saturated heterocycles. The SMILES string of the molecule is COC1C=CCC=C1/C=C/C(=O)O. The molecule has 1 N–H and O–H groups in total. The highest BCUT2D eigenvalue weighted by Gasteiger charge is 2.09. The summed E-state index contributed by atoms with van der Waals surface area (Å²) in [6.45, 7) is 0. The lowest BCUT2D eigenvalue weighted by Gasteiger charge is -2.15. The number of hydrogen-bond acceptors (Lipinski definition) is 2. The van der Waals surface area contributed by atoms with Gasteiger partial charge in [0.05, 0.1) is 6.10 Å². The van der Waals surface area contributed by atoms with E-state index < -0.39 is 5.97 Å². The fourth-order valence-corrected chi connectivity index (χ4v) is 1.18. The molecule has 13 heavy (non-hydrogen) atoms. The lowest BCUT2D eigenvalue weighted by atomic mass is 10.0. The van der Waals surface area contributed by atoms with E-state index in [-0.39, 0.29) is 6.10 Å². The number of carbonyl (C=O) groups is 1. The van der Waals surface area contributed by atoms with E-state index in [2.05, 4.69) is 0 Å². The van der Waals surface area contributed by atoms with E-state index in [0.717, 1.165) is 18.1 Å². The van der Waals surface area contributed by atoms with Crippen molar-refractivity contribution in [1.82, 2.24) is 0 Å². The zero-order valence-electron chi connectivity index (χ0n) is 7.43. The third kappa shape index (κ3) is 2.87. The van der Waals surface area contributed by atoms with Crippen molar-refractivity contribution >= 4 is 5.97 Å². The maximum absolute atomic E-state index is 10.3. The number of rotatable bonds is 3. The van der Waals surface area contributed by atoms with Crippen LogP contribution in [0.2, 0.25) is 0 Å². The molecule has 1 rings (SSSR count). The van der Waals surface area contributed by atoms with E-state index in [1.807, 2.05) is 18.2 Å². The zero-order chi connectivity index (χ0) is 9.68. The first-order valence-corrected chi connectivity index (χ1v) is 4.04. The molecule has 0 heterocycles.